The van der Waals surface area contributed by atoms with Gasteiger partial charge in [-0.05, 0) is 13.8 Å². The van der Waals surface area contributed by atoms with Crippen LogP contribution in [-0.2, 0) is 10.0 Å². The van der Waals surface area contributed by atoms with Gasteiger partial charge < -0.3 is 5.11 Å². The molecule has 0 aliphatic heterocycles. The Labute approximate surface area is 86.7 Å². The maximum absolute atomic E-state index is 12.0. The summed E-state index contributed by atoms with van der Waals surface area (Å²) in [6.07, 6.45) is -4.60. The molecule has 0 rings (SSSR count). The first-order chi connectivity index (χ1) is 6.61. The summed E-state index contributed by atoms with van der Waals surface area (Å²) in [5.74, 6) is 0. The molecule has 0 saturated heterocycles. The van der Waals surface area contributed by atoms with Crippen molar-refractivity contribution in [1.82, 2.24) is 4.31 Å². The highest BCUT2D eigenvalue weighted by atomic mass is 32.2. The van der Waals surface area contributed by atoms with Crippen molar-refractivity contribution < 1.29 is 26.7 Å². The lowest BCUT2D eigenvalue weighted by atomic mass is 10.6. The van der Waals surface area contributed by atoms with Gasteiger partial charge >= 0.3 is 6.18 Å². The van der Waals surface area contributed by atoms with E-state index in [1.807, 2.05) is 0 Å². The first kappa shape index (κ1) is 14.7. The second kappa shape index (κ2) is 5.13. The molecule has 0 aromatic heterocycles. The molecule has 0 bridgehead atoms. The largest absolute Gasteiger partial charge is 0.402 e. The molecule has 8 heteroatoms. The van der Waals surface area contributed by atoms with Crippen LogP contribution in [0, 0.1) is 0 Å². The molecule has 92 valence electrons. The molecule has 0 atom stereocenters. The molecule has 4 nitrogen and oxygen atoms in total. The highest BCUT2D eigenvalue weighted by molar-refractivity contribution is 7.89. The van der Waals surface area contributed by atoms with E-state index >= 15 is 0 Å². The van der Waals surface area contributed by atoms with E-state index in [0.717, 1.165) is 0 Å². The second-order valence-corrected chi connectivity index (χ2v) is 5.76. The van der Waals surface area contributed by atoms with E-state index in [9.17, 15) is 21.6 Å². The van der Waals surface area contributed by atoms with Gasteiger partial charge in [0, 0.05) is 6.54 Å². The number of nitrogens with zero attached hydrogens (tertiary/aromatic N) is 1. The van der Waals surface area contributed by atoms with E-state index in [2.05, 4.69) is 0 Å². The maximum Gasteiger partial charge on any atom is 0.402 e. The van der Waals surface area contributed by atoms with Crippen LogP contribution >= 0.6 is 0 Å². The molecule has 15 heavy (non-hydrogen) atoms. The van der Waals surface area contributed by atoms with E-state index in [1.54, 1.807) is 0 Å². The summed E-state index contributed by atoms with van der Waals surface area (Å²) in [4.78, 5) is 0. The lowest BCUT2D eigenvalue weighted by Crippen LogP contribution is -2.43. The van der Waals surface area contributed by atoms with Crippen molar-refractivity contribution in [3.63, 3.8) is 0 Å². The summed E-state index contributed by atoms with van der Waals surface area (Å²) in [5.41, 5.74) is 0. The van der Waals surface area contributed by atoms with Gasteiger partial charge in [0.1, 0.15) is 6.54 Å². The number of aliphatic hydroxyl groups is 1. The first-order valence-electron chi connectivity index (χ1n) is 4.28. The molecule has 0 amide bonds. The van der Waals surface area contributed by atoms with Crippen LogP contribution in [0.2, 0.25) is 0 Å². The SMILES string of the molecule is CC(C)S(=O)(=O)N(CCO)CC(F)(F)F. The average molecular weight is 249 g/mol. The third-order valence-electron chi connectivity index (χ3n) is 1.66. The average Bonchev–Trinajstić information content (AvgIpc) is 2.00. The second-order valence-electron chi connectivity index (χ2n) is 3.27. The summed E-state index contributed by atoms with van der Waals surface area (Å²) in [6, 6.07) is 0. The van der Waals surface area contributed by atoms with Gasteiger partial charge in [-0.25, -0.2) is 8.42 Å². The fraction of sp³-hybridized carbons (Fsp3) is 1.00. The fourth-order valence-corrected chi connectivity index (χ4v) is 2.16. The van der Waals surface area contributed by atoms with Crippen LogP contribution in [0.5, 0.6) is 0 Å². The highest BCUT2D eigenvalue weighted by Gasteiger charge is 2.37. The summed E-state index contributed by atoms with van der Waals surface area (Å²) in [5, 5.41) is 7.57. The van der Waals surface area contributed by atoms with Gasteiger partial charge in [0.2, 0.25) is 10.0 Å². The van der Waals surface area contributed by atoms with Gasteiger partial charge in [0.15, 0.2) is 0 Å². The number of hydrogen-bond donors (Lipinski definition) is 1. The van der Waals surface area contributed by atoms with Gasteiger partial charge in [-0.1, -0.05) is 0 Å². The zero-order chi connectivity index (χ0) is 12.3. The Bertz CT molecular complexity index is 286. The van der Waals surface area contributed by atoms with Crippen LogP contribution in [0.15, 0.2) is 0 Å². The monoisotopic (exact) mass is 249 g/mol. The van der Waals surface area contributed by atoms with Crippen molar-refractivity contribution in [1.29, 1.82) is 0 Å². The molecule has 0 radical (unpaired) electrons. The van der Waals surface area contributed by atoms with Gasteiger partial charge in [-0.3, -0.25) is 0 Å². The summed E-state index contributed by atoms with van der Waals surface area (Å²) < 4.78 is 59.2. The smallest absolute Gasteiger partial charge is 0.395 e. The Morgan fingerprint density at radius 2 is 1.80 bits per heavy atom. The minimum Gasteiger partial charge on any atom is -0.395 e. The van der Waals surface area contributed by atoms with Gasteiger partial charge in [0.05, 0.1) is 11.9 Å². The highest BCUT2D eigenvalue weighted by Crippen LogP contribution is 2.19. The van der Waals surface area contributed by atoms with Gasteiger partial charge in [-0.2, -0.15) is 17.5 Å². The van der Waals surface area contributed by atoms with E-state index in [-0.39, 0.29) is 4.31 Å². The third-order valence-corrected chi connectivity index (χ3v) is 3.88. The van der Waals surface area contributed by atoms with Crippen molar-refractivity contribution in [3.05, 3.63) is 0 Å². The van der Waals surface area contributed by atoms with Crippen molar-refractivity contribution >= 4 is 10.0 Å². The van der Waals surface area contributed by atoms with Crippen LogP contribution in [-0.4, -0.2) is 49.0 Å². The Morgan fingerprint density at radius 1 is 1.33 bits per heavy atom. The molecule has 0 aromatic carbocycles. The number of alkyl halides is 3. The summed E-state index contributed by atoms with van der Waals surface area (Å²) in [7, 11) is -3.98. The first-order valence-corrected chi connectivity index (χ1v) is 5.78. The molecule has 0 aliphatic rings. The molecule has 0 heterocycles. The van der Waals surface area contributed by atoms with Crippen molar-refractivity contribution in [3.8, 4) is 0 Å². The third kappa shape index (κ3) is 4.80. The van der Waals surface area contributed by atoms with Crippen molar-refractivity contribution in [2.45, 2.75) is 25.3 Å². The normalized spacial score (nSPS) is 13.9. The van der Waals surface area contributed by atoms with Crippen LogP contribution < -0.4 is 0 Å². The number of aliphatic hydroxyl groups excluding tert-OH is 1. The maximum atomic E-state index is 12.0. The van der Waals surface area contributed by atoms with Gasteiger partial charge in [0.25, 0.3) is 0 Å². The predicted octanol–water partition coefficient (Wildman–Crippen LogP) is 0.581. The Hall–Kier alpha value is -0.340. The minimum absolute atomic E-state index is 0.248. The van der Waals surface area contributed by atoms with Crippen molar-refractivity contribution in [2.75, 3.05) is 19.7 Å². The molecular weight excluding hydrogens is 235 g/mol. The van der Waals surface area contributed by atoms with Crippen LogP contribution in [0.3, 0.4) is 0 Å². The standard InChI is InChI=1S/C7H14F3NO3S/c1-6(2)15(13,14)11(3-4-12)5-7(8,9)10/h6,12H,3-5H2,1-2H3. The zero-order valence-corrected chi connectivity index (χ0v) is 9.27. The number of hydrogen-bond acceptors (Lipinski definition) is 3. The zero-order valence-electron chi connectivity index (χ0n) is 8.45. The molecule has 0 aliphatic carbocycles. The van der Waals surface area contributed by atoms with Crippen LogP contribution in [0.4, 0.5) is 13.2 Å². The molecule has 0 saturated carbocycles. The summed E-state index contributed by atoms with van der Waals surface area (Å²) in [6.45, 7) is -0.164. The Kier molecular flexibility index (Phi) is 5.01. The molecule has 0 aromatic rings. The molecular formula is C7H14F3NO3S. The molecule has 0 spiro atoms. The Morgan fingerprint density at radius 3 is 2.07 bits per heavy atom. The van der Waals surface area contributed by atoms with E-state index in [4.69, 9.17) is 5.11 Å². The Balaban J connectivity index is 4.83. The fourth-order valence-electron chi connectivity index (χ4n) is 0.906. The molecule has 0 unspecified atom stereocenters. The topological polar surface area (TPSA) is 57.6 Å². The van der Waals surface area contributed by atoms with Crippen molar-refractivity contribution in [2.24, 2.45) is 0 Å². The molecule has 1 N–H and O–H groups in total. The van der Waals surface area contributed by atoms with Crippen LogP contribution in [0.25, 0.3) is 0 Å². The predicted molar refractivity (Wildman–Crippen MR) is 48.8 cm³/mol. The number of rotatable bonds is 5. The van der Waals surface area contributed by atoms with E-state index in [0.29, 0.717) is 0 Å². The molecule has 0 fully saturated rings. The van der Waals surface area contributed by atoms with E-state index in [1.165, 1.54) is 13.8 Å². The number of halogens is 3. The minimum atomic E-state index is -4.60. The quantitative estimate of drug-likeness (QED) is 0.775. The van der Waals surface area contributed by atoms with E-state index < -0.39 is 41.1 Å². The number of sulfonamides is 1. The van der Waals surface area contributed by atoms with Gasteiger partial charge in [-0.15, -0.1) is 0 Å². The van der Waals surface area contributed by atoms with Crippen LogP contribution in [0.1, 0.15) is 13.8 Å². The lowest BCUT2D eigenvalue weighted by molar-refractivity contribution is -0.136. The summed E-state index contributed by atoms with van der Waals surface area (Å²) >= 11 is 0. The lowest BCUT2D eigenvalue weighted by Gasteiger charge is -2.24.